The molecule has 0 aliphatic carbocycles. The summed E-state index contributed by atoms with van der Waals surface area (Å²) in [5.41, 5.74) is 1.75. The van der Waals surface area contributed by atoms with Crippen molar-refractivity contribution in [1.82, 2.24) is 9.55 Å². The van der Waals surface area contributed by atoms with Crippen LogP contribution >= 0.6 is 0 Å². The number of non-ortho nitro benzene ring substituents is 1. The van der Waals surface area contributed by atoms with E-state index in [9.17, 15) is 14.5 Å². The zero-order valence-electron chi connectivity index (χ0n) is 9.35. The van der Waals surface area contributed by atoms with E-state index in [0.29, 0.717) is 5.69 Å². The van der Waals surface area contributed by atoms with Crippen LogP contribution in [0.25, 0.3) is 5.69 Å². The minimum atomic E-state index is -0.639. The summed E-state index contributed by atoms with van der Waals surface area (Å²) >= 11 is 0. The van der Waals surface area contributed by atoms with Crippen LogP contribution in [0.15, 0.2) is 24.5 Å². The highest BCUT2D eigenvalue weighted by atomic mass is 19.1. The van der Waals surface area contributed by atoms with Crippen LogP contribution in [0.1, 0.15) is 11.4 Å². The van der Waals surface area contributed by atoms with Gasteiger partial charge in [0.05, 0.1) is 28.7 Å². The fourth-order valence-corrected chi connectivity index (χ4v) is 1.56. The second-order valence-electron chi connectivity index (χ2n) is 3.71. The van der Waals surface area contributed by atoms with E-state index >= 15 is 0 Å². The van der Waals surface area contributed by atoms with Gasteiger partial charge in [0.2, 0.25) is 0 Å². The first kappa shape index (κ1) is 11.3. The van der Waals surface area contributed by atoms with Crippen LogP contribution < -0.4 is 0 Å². The molecule has 0 aliphatic heterocycles. The molecule has 5 nitrogen and oxygen atoms in total. The molecule has 0 fully saturated rings. The lowest BCUT2D eigenvalue weighted by Crippen LogP contribution is -1.98. The number of hydrogen-bond acceptors (Lipinski definition) is 3. The Bertz CT molecular complexity index is 592. The maximum Gasteiger partial charge on any atom is 0.274 e. The molecule has 0 radical (unpaired) electrons. The normalized spacial score (nSPS) is 10.5. The highest BCUT2D eigenvalue weighted by molar-refractivity contribution is 5.45. The van der Waals surface area contributed by atoms with Crippen molar-refractivity contribution in [3.63, 3.8) is 0 Å². The molecule has 2 rings (SSSR count). The van der Waals surface area contributed by atoms with Crippen molar-refractivity contribution in [2.45, 2.75) is 13.8 Å². The van der Waals surface area contributed by atoms with E-state index in [1.54, 1.807) is 4.57 Å². The van der Waals surface area contributed by atoms with Gasteiger partial charge in [0, 0.05) is 11.8 Å². The minimum Gasteiger partial charge on any atom is -0.303 e. The molecule has 0 N–H and O–H groups in total. The minimum absolute atomic E-state index is 0.272. The Morgan fingerprint density at radius 1 is 1.35 bits per heavy atom. The maximum atomic E-state index is 13.3. The number of hydrogen-bond donors (Lipinski definition) is 0. The summed E-state index contributed by atoms with van der Waals surface area (Å²) in [6.07, 6.45) is 1.52. The lowest BCUT2D eigenvalue weighted by Gasteiger charge is -2.05. The molecule has 6 heteroatoms. The number of nitrogens with zero attached hydrogens (tertiary/aromatic N) is 3. The van der Waals surface area contributed by atoms with E-state index in [-0.39, 0.29) is 5.69 Å². The molecule has 17 heavy (non-hydrogen) atoms. The van der Waals surface area contributed by atoms with Gasteiger partial charge in [-0.05, 0) is 19.9 Å². The van der Waals surface area contributed by atoms with Crippen LogP contribution in [-0.2, 0) is 0 Å². The molecule has 88 valence electrons. The lowest BCUT2D eigenvalue weighted by molar-refractivity contribution is -0.385. The molecule has 1 heterocycles. The smallest absolute Gasteiger partial charge is 0.274 e. The highest BCUT2D eigenvalue weighted by Crippen LogP contribution is 2.21. The molecular weight excluding hydrogens is 225 g/mol. The van der Waals surface area contributed by atoms with Crippen LogP contribution in [0.3, 0.4) is 0 Å². The Hall–Kier alpha value is -2.24. The molecule has 0 saturated heterocycles. The van der Waals surface area contributed by atoms with E-state index in [4.69, 9.17) is 0 Å². The average Bonchev–Trinajstić information content (AvgIpc) is 2.59. The van der Waals surface area contributed by atoms with Gasteiger partial charge in [-0.15, -0.1) is 0 Å². The summed E-state index contributed by atoms with van der Waals surface area (Å²) in [6.45, 7) is 3.64. The van der Waals surface area contributed by atoms with Crippen LogP contribution in [-0.4, -0.2) is 14.5 Å². The Balaban J connectivity index is 2.60. The van der Waals surface area contributed by atoms with E-state index in [1.165, 1.54) is 18.5 Å². The molecule has 2 aromatic rings. The third-order valence-electron chi connectivity index (χ3n) is 2.61. The topological polar surface area (TPSA) is 61.0 Å². The predicted octanol–water partition coefficient (Wildman–Crippen LogP) is 2.54. The summed E-state index contributed by atoms with van der Waals surface area (Å²) < 4.78 is 14.9. The molecular formula is C11H10FN3O2. The first-order valence-corrected chi connectivity index (χ1v) is 4.95. The van der Waals surface area contributed by atoms with Crippen molar-refractivity contribution >= 4 is 5.69 Å². The summed E-state index contributed by atoms with van der Waals surface area (Å²) in [6, 6.07) is 3.45. The first-order chi connectivity index (χ1) is 7.99. The fraction of sp³-hybridized carbons (Fsp3) is 0.182. The second-order valence-corrected chi connectivity index (χ2v) is 3.71. The van der Waals surface area contributed by atoms with Crippen molar-refractivity contribution in [2.75, 3.05) is 0 Å². The van der Waals surface area contributed by atoms with Gasteiger partial charge < -0.3 is 4.57 Å². The van der Waals surface area contributed by atoms with Gasteiger partial charge in [-0.1, -0.05) is 0 Å². The Morgan fingerprint density at radius 2 is 2.06 bits per heavy atom. The molecule has 0 bridgehead atoms. The molecule has 0 unspecified atom stereocenters. The van der Waals surface area contributed by atoms with Crippen molar-refractivity contribution in [3.8, 4) is 5.69 Å². The second kappa shape index (κ2) is 3.97. The zero-order valence-corrected chi connectivity index (χ0v) is 9.35. The van der Waals surface area contributed by atoms with E-state index in [1.807, 2.05) is 13.8 Å². The Morgan fingerprint density at radius 3 is 2.59 bits per heavy atom. The summed E-state index contributed by atoms with van der Waals surface area (Å²) in [4.78, 5) is 14.1. The average molecular weight is 235 g/mol. The van der Waals surface area contributed by atoms with E-state index in [2.05, 4.69) is 4.98 Å². The quantitative estimate of drug-likeness (QED) is 0.593. The van der Waals surface area contributed by atoms with Gasteiger partial charge >= 0.3 is 0 Å². The van der Waals surface area contributed by atoms with Crippen LogP contribution in [0.4, 0.5) is 10.1 Å². The number of rotatable bonds is 2. The standard InChI is InChI=1S/C11H10FN3O2/c1-7-8(2)14(6-13-7)10-3-9(12)4-11(5-10)15(16)17/h3-6H,1-2H3. The van der Waals surface area contributed by atoms with Gasteiger partial charge in [0.25, 0.3) is 5.69 Å². The van der Waals surface area contributed by atoms with Crippen molar-refractivity contribution in [1.29, 1.82) is 0 Å². The number of nitro groups is 1. The molecule has 0 spiro atoms. The van der Waals surface area contributed by atoms with Crippen LogP contribution in [0.5, 0.6) is 0 Å². The summed E-state index contributed by atoms with van der Waals surface area (Å²) in [5, 5.41) is 10.6. The lowest BCUT2D eigenvalue weighted by atomic mass is 10.2. The third-order valence-corrected chi connectivity index (χ3v) is 2.61. The van der Waals surface area contributed by atoms with Gasteiger partial charge in [-0.2, -0.15) is 0 Å². The SMILES string of the molecule is Cc1ncn(-c2cc(F)cc([N+](=O)[O-])c2)c1C. The number of aryl methyl sites for hydroxylation is 1. The predicted molar refractivity (Wildman–Crippen MR) is 59.7 cm³/mol. The van der Waals surface area contributed by atoms with Crippen LogP contribution in [0, 0.1) is 29.8 Å². The summed E-state index contributed by atoms with van der Waals surface area (Å²) in [5.74, 6) is -0.639. The first-order valence-electron chi connectivity index (χ1n) is 4.95. The monoisotopic (exact) mass is 235 g/mol. The Kier molecular flexibility index (Phi) is 2.63. The largest absolute Gasteiger partial charge is 0.303 e. The molecule has 0 saturated carbocycles. The summed E-state index contributed by atoms with van der Waals surface area (Å²) in [7, 11) is 0. The number of benzene rings is 1. The van der Waals surface area contributed by atoms with Crippen molar-refractivity contribution in [2.24, 2.45) is 0 Å². The van der Waals surface area contributed by atoms with Gasteiger partial charge in [0.1, 0.15) is 5.82 Å². The number of aromatic nitrogens is 2. The number of nitro benzene ring substituents is 1. The Labute approximate surface area is 96.7 Å². The van der Waals surface area contributed by atoms with E-state index in [0.717, 1.165) is 17.5 Å². The molecule has 1 aromatic heterocycles. The zero-order chi connectivity index (χ0) is 12.6. The number of halogens is 1. The molecule has 0 atom stereocenters. The molecule has 1 aromatic carbocycles. The van der Waals surface area contributed by atoms with Gasteiger partial charge in [-0.25, -0.2) is 9.37 Å². The van der Waals surface area contributed by atoms with Crippen molar-refractivity contribution < 1.29 is 9.31 Å². The maximum absolute atomic E-state index is 13.3. The molecule has 0 aliphatic rings. The van der Waals surface area contributed by atoms with Crippen molar-refractivity contribution in [3.05, 3.63) is 51.8 Å². The van der Waals surface area contributed by atoms with Crippen LogP contribution in [0.2, 0.25) is 0 Å². The fourth-order valence-electron chi connectivity index (χ4n) is 1.56. The molecule has 0 amide bonds. The van der Waals surface area contributed by atoms with E-state index < -0.39 is 10.7 Å². The van der Waals surface area contributed by atoms with Gasteiger partial charge in [-0.3, -0.25) is 10.1 Å². The third kappa shape index (κ3) is 2.01. The highest BCUT2D eigenvalue weighted by Gasteiger charge is 2.12. The van der Waals surface area contributed by atoms with Gasteiger partial charge in [0.15, 0.2) is 0 Å². The number of imidazole rings is 1.